The zero-order valence-electron chi connectivity index (χ0n) is 10.8. The number of halogens is 1. The lowest BCUT2D eigenvalue weighted by atomic mass is 10.2. The molecule has 1 amide bonds. The molecule has 0 saturated heterocycles. The average Bonchev–Trinajstić information content (AvgIpc) is 2.84. The highest BCUT2D eigenvalue weighted by atomic mass is 19.1. The Morgan fingerprint density at radius 3 is 2.70 bits per heavy atom. The predicted octanol–water partition coefficient (Wildman–Crippen LogP) is 1.99. The summed E-state index contributed by atoms with van der Waals surface area (Å²) >= 11 is 0. The van der Waals surface area contributed by atoms with E-state index in [1.54, 1.807) is 12.1 Å². The monoisotopic (exact) mass is 276 g/mol. The molecule has 1 N–H and O–H groups in total. The zero-order valence-corrected chi connectivity index (χ0v) is 10.8. The van der Waals surface area contributed by atoms with E-state index in [2.05, 4.69) is 0 Å². The van der Waals surface area contributed by atoms with Crippen LogP contribution in [0.4, 0.5) is 10.1 Å². The van der Waals surface area contributed by atoms with Gasteiger partial charge < -0.3 is 14.6 Å². The number of carboxylic acids is 1. The predicted molar refractivity (Wildman–Crippen MR) is 71.2 cm³/mol. The first kappa shape index (κ1) is 13.8. The van der Waals surface area contributed by atoms with E-state index in [0.717, 1.165) is 0 Å². The van der Waals surface area contributed by atoms with Crippen LogP contribution in [0.5, 0.6) is 0 Å². The molecule has 1 aromatic heterocycles. The van der Waals surface area contributed by atoms with Crippen molar-refractivity contribution in [2.24, 2.45) is 0 Å². The normalized spacial score (nSPS) is 10.3. The second-order valence-electron chi connectivity index (χ2n) is 4.26. The van der Waals surface area contributed by atoms with Crippen LogP contribution in [0.15, 0.2) is 42.6 Å². The van der Waals surface area contributed by atoms with Crippen LogP contribution in [0.1, 0.15) is 10.5 Å². The smallest absolute Gasteiger partial charge is 0.323 e. The van der Waals surface area contributed by atoms with E-state index in [4.69, 9.17) is 5.11 Å². The lowest BCUT2D eigenvalue weighted by Crippen LogP contribution is -2.29. The Bertz CT molecular complexity index is 651. The molecule has 6 heteroatoms. The van der Waals surface area contributed by atoms with E-state index in [0.29, 0.717) is 5.69 Å². The Kier molecular flexibility index (Phi) is 3.84. The fourth-order valence-corrected chi connectivity index (χ4v) is 1.87. The minimum Gasteiger partial charge on any atom is -0.480 e. The van der Waals surface area contributed by atoms with Crippen LogP contribution >= 0.6 is 0 Å². The van der Waals surface area contributed by atoms with Crippen molar-refractivity contribution >= 4 is 17.6 Å². The van der Waals surface area contributed by atoms with Crippen molar-refractivity contribution in [1.29, 1.82) is 0 Å². The molecule has 0 aliphatic heterocycles. The summed E-state index contributed by atoms with van der Waals surface area (Å²) in [7, 11) is 1.51. The summed E-state index contributed by atoms with van der Waals surface area (Å²) in [6, 6.07) is 8.75. The van der Waals surface area contributed by atoms with E-state index < -0.39 is 17.7 Å². The van der Waals surface area contributed by atoms with E-state index >= 15 is 0 Å². The van der Waals surface area contributed by atoms with Gasteiger partial charge in [-0.3, -0.25) is 9.59 Å². The van der Waals surface area contributed by atoms with E-state index in [-0.39, 0.29) is 12.2 Å². The Labute approximate surface area is 114 Å². The molecule has 2 rings (SSSR count). The van der Waals surface area contributed by atoms with Crippen LogP contribution in [0.25, 0.3) is 0 Å². The Balaban J connectivity index is 2.27. The number of carbonyl (C=O) groups excluding carboxylic acids is 1. The first-order valence-corrected chi connectivity index (χ1v) is 5.89. The average molecular weight is 276 g/mol. The van der Waals surface area contributed by atoms with Gasteiger partial charge in [0.05, 0.1) is 0 Å². The van der Waals surface area contributed by atoms with Crippen LogP contribution in [-0.4, -0.2) is 28.6 Å². The molecule has 2 aromatic rings. The van der Waals surface area contributed by atoms with E-state index in [9.17, 15) is 14.0 Å². The third-order valence-corrected chi connectivity index (χ3v) is 2.85. The number of amides is 1. The van der Waals surface area contributed by atoms with Gasteiger partial charge in [0.15, 0.2) is 0 Å². The van der Waals surface area contributed by atoms with Crippen molar-refractivity contribution in [2.45, 2.75) is 6.54 Å². The largest absolute Gasteiger partial charge is 0.480 e. The standard InChI is InChI=1S/C14H13FN2O3/c1-16(11-5-2-4-10(15)8-11)14(20)12-6-3-7-17(12)9-13(18)19/h2-8H,9H2,1H3,(H,18,19). The number of benzene rings is 1. The summed E-state index contributed by atoms with van der Waals surface area (Å²) in [6.07, 6.45) is 1.51. The van der Waals surface area contributed by atoms with Crippen molar-refractivity contribution in [3.05, 3.63) is 54.1 Å². The van der Waals surface area contributed by atoms with Crippen LogP contribution in [-0.2, 0) is 11.3 Å². The second kappa shape index (κ2) is 5.56. The summed E-state index contributed by atoms with van der Waals surface area (Å²) in [5, 5.41) is 8.79. The molecular formula is C14H13FN2O3. The lowest BCUT2D eigenvalue weighted by Gasteiger charge is -2.18. The Hall–Kier alpha value is -2.63. The summed E-state index contributed by atoms with van der Waals surface area (Å²) in [5.74, 6) is -1.88. The molecule has 0 aliphatic carbocycles. The van der Waals surface area contributed by atoms with Gasteiger partial charge in [-0.1, -0.05) is 6.07 Å². The molecule has 0 spiro atoms. The molecule has 20 heavy (non-hydrogen) atoms. The van der Waals surface area contributed by atoms with Crippen molar-refractivity contribution in [3.63, 3.8) is 0 Å². The molecule has 104 valence electrons. The van der Waals surface area contributed by atoms with Gasteiger partial charge >= 0.3 is 5.97 Å². The van der Waals surface area contributed by atoms with Crippen molar-refractivity contribution in [1.82, 2.24) is 4.57 Å². The molecule has 0 fully saturated rings. The van der Waals surface area contributed by atoms with Gasteiger partial charge in [-0.05, 0) is 30.3 Å². The fraction of sp³-hybridized carbons (Fsp3) is 0.143. The first-order valence-electron chi connectivity index (χ1n) is 5.89. The molecule has 0 unspecified atom stereocenters. The first-order chi connectivity index (χ1) is 9.49. The quantitative estimate of drug-likeness (QED) is 0.928. The SMILES string of the molecule is CN(C(=O)c1cccn1CC(=O)O)c1cccc(F)c1. The molecular weight excluding hydrogens is 263 g/mol. The Morgan fingerprint density at radius 1 is 1.30 bits per heavy atom. The van der Waals surface area contributed by atoms with Crippen LogP contribution in [0.2, 0.25) is 0 Å². The summed E-state index contributed by atoms with van der Waals surface area (Å²) in [6.45, 7) is -0.301. The molecule has 5 nitrogen and oxygen atoms in total. The third kappa shape index (κ3) is 2.85. The second-order valence-corrected chi connectivity index (χ2v) is 4.26. The molecule has 0 aliphatic rings. The highest BCUT2D eigenvalue weighted by molar-refractivity contribution is 6.04. The van der Waals surface area contributed by atoms with Gasteiger partial charge in [-0.2, -0.15) is 0 Å². The zero-order chi connectivity index (χ0) is 14.7. The van der Waals surface area contributed by atoms with Gasteiger partial charge in [-0.25, -0.2) is 4.39 Å². The van der Waals surface area contributed by atoms with E-state index in [1.165, 1.54) is 47.0 Å². The number of hydrogen-bond acceptors (Lipinski definition) is 2. The highest BCUT2D eigenvalue weighted by Gasteiger charge is 2.18. The van der Waals surface area contributed by atoms with Crippen LogP contribution in [0, 0.1) is 5.82 Å². The maximum Gasteiger partial charge on any atom is 0.323 e. The molecule has 0 saturated carbocycles. The topological polar surface area (TPSA) is 62.5 Å². The molecule has 1 heterocycles. The number of aliphatic carboxylic acids is 1. The number of nitrogens with zero attached hydrogens (tertiary/aromatic N) is 2. The van der Waals surface area contributed by atoms with Gasteiger partial charge in [0.2, 0.25) is 0 Å². The molecule has 1 aromatic carbocycles. The van der Waals surface area contributed by atoms with Crippen molar-refractivity contribution in [3.8, 4) is 0 Å². The highest BCUT2D eigenvalue weighted by Crippen LogP contribution is 2.17. The third-order valence-electron chi connectivity index (χ3n) is 2.85. The van der Waals surface area contributed by atoms with Gasteiger partial charge in [0, 0.05) is 18.9 Å². The minimum atomic E-state index is -1.04. The summed E-state index contributed by atoms with van der Waals surface area (Å²) in [5.41, 5.74) is 0.636. The fourth-order valence-electron chi connectivity index (χ4n) is 1.87. The van der Waals surface area contributed by atoms with Crippen molar-refractivity contribution in [2.75, 3.05) is 11.9 Å². The number of carbonyl (C=O) groups is 2. The number of aromatic nitrogens is 1. The Morgan fingerprint density at radius 2 is 2.05 bits per heavy atom. The number of hydrogen-bond donors (Lipinski definition) is 1. The number of rotatable bonds is 4. The number of anilines is 1. The van der Waals surface area contributed by atoms with E-state index in [1.807, 2.05) is 0 Å². The maximum absolute atomic E-state index is 13.2. The number of carboxylic acid groups (broad SMARTS) is 1. The minimum absolute atomic E-state index is 0.235. The molecule has 0 radical (unpaired) electrons. The van der Waals surface area contributed by atoms with Crippen LogP contribution < -0.4 is 4.90 Å². The van der Waals surface area contributed by atoms with Gasteiger partial charge in [0.1, 0.15) is 18.1 Å². The van der Waals surface area contributed by atoms with Gasteiger partial charge in [-0.15, -0.1) is 0 Å². The van der Waals surface area contributed by atoms with Crippen LogP contribution in [0.3, 0.4) is 0 Å². The lowest BCUT2D eigenvalue weighted by molar-refractivity contribution is -0.137. The molecule has 0 atom stereocenters. The van der Waals surface area contributed by atoms with Crippen molar-refractivity contribution < 1.29 is 19.1 Å². The summed E-state index contributed by atoms with van der Waals surface area (Å²) in [4.78, 5) is 24.3. The molecule has 0 bridgehead atoms. The maximum atomic E-state index is 13.2. The van der Waals surface area contributed by atoms with Gasteiger partial charge in [0.25, 0.3) is 5.91 Å². The summed E-state index contributed by atoms with van der Waals surface area (Å²) < 4.78 is 14.5.